The largest absolute Gasteiger partial charge is 0.489 e. The molecule has 0 radical (unpaired) electrons. The highest BCUT2D eigenvalue weighted by atomic mass is 35.5. The Morgan fingerprint density at radius 3 is 2.22 bits per heavy atom. The summed E-state index contributed by atoms with van der Waals surface area (Å²) in [6.07, 6.45) is 0. The maximum Gasteiger partial charge on any atom is 0.252 e. The van der Waals surface area contributed by atoms with Crippen molar-refractivity contribution in [3.63, 3.8) is 0 Å². The van der Waals surface area contributed by atoms with E-state index in [4.69, 9.17) is 16.3 Å². The summed E-state index contributed by atoms with van der Waals surface area (Å²) in [5.41, 5.74) is 1.29. The van der Waals surface area contributed by atoms with Crippen molar-refractivity contribution in [1.29, 1.82) is 0 Å². The molecule has 2 aromatic carbocycles. The molecule has 2 nitrogen and oxygen atoms in total. The van der Waals surface area contributed by atoms with Gasteiger partial charge in [0.05, 0.1) is 0 Å². The SMILES string of the molecule is O=C(Cl)c1ccc(OCc2ccc(F)cc2)cc1. The molecule has 0 aliphatic carbocycles. The molecule has 0 aliphatic rings. The molecule has 0 saturated carbocycles. The van der Waals surface area contributed by atoms with Gasteiger partial charge in [0.15, 0.2) is 0 Å². The molecule has 0 N–H and O–H groups in total. The molecule has 0 aromatic heterocycles. The molecular weight excluding hydrogens is 255 g/mol. The molecule has 0 saturated heterocycles. The fourth-order valence-electron chi connectivity index (χ4n) is 1.43. The summed E-state index contributed by atoms with van der Waals surface area (Å²) in [5.74, 6) is 0.352. The summed E-state index contributed by atoms with van der Waals surface area (Å²) in [6, 6.07) is 12.6. The molecule has 0 fully saturated rings. The summed E-state index contributed by atoms with van der Waals surface area (Å²) in [7, 11) is 0. The highest BCUT2D eigenvalue weighted by molar-refractivity contribution is 6.67. The lowest BCUT2D eigenvalue weighted by Gasteiger charge is -2.06. The zero-order valence-corrected chi connectivity index (χ0v) is 10.2. The second-order valence-corrected chi connectivity index (χ2v) is 4.06. The van der Waals surface area contributed by atoms with Crippen LogP contribution >= 0.6 is 11.6 Å². The van der Waals surface area contributed by atoms with Gasteiger partial charge in [0.25, 0.3) is 5.24 Å². The maximum absolute atomic E-state index is 12.7. The van der Waals surface area contributed by atoms with E-state index in [9.17, 15) is 9.18 Å². The topological polar surface area (TPSA) is 26.3 Å². The first-order chi connectivity index (χ1) is 8.65. The Morgan fingerprint density at radius 1 is 1.06 bits per heavy atom. The number of rotatable bonds is 4. The molecule has 0 amide bonds. The second kappa shape index (κ2) is 5.65. The fraction of sp³-hybridized carbons (Fsp3) is 0.0714. The van der Waals surface area contributed by atoms with Crippen LogP contribution in [0.5, 0.6) is 5.75 Å². The number of carbonyl (C=O) groups is 1. The van der Waals surface area contributed by atoms with Crippen LogP contribution in [0.25, 0.3) is 0 Å². The van der Waals surface area contributed by atoms with Crippen molar-refractivity contribution >= 4 is 16.8 Å². The van der Waals surface area contributed by atoms with Gasteiger partial charge in [-0.3, -0.25) is 4.79 Å². The molecular formula is C14H10ClFO2. The van der Waals surface area contributed by atoms with Crippen molar-refractivity contribution < 1.29 is 13.9 Å². The van der Waals surface area contributed by atoms with Gasteiger partial charge in [-0.25, -0.2) is 4.39 Å². The Labute approximate surface area is 109 Å². The first-order valence-corrected chi connectivity index (χ1v) is 5.70. The van der Waals surface area contributed by atoms with Gasteiger partial charge in [-0.2, -0.15) is 0 Å². The summed E-state index contributed by atoms with van der Waals surface area (Å²) in [6.45, 7) is 0.342. The van der Waals surface area contributed by atoms with E-state index < -0.39 is 5.24 Å². The molecule has 0 bridgehead atoms. The molecule has 0 unspecified atom stereocenters. The van der Waals surface area contributed by atoms with Crippen LogP contribution in [0.1, 0.15) is 15.9 Å². The molecule has 2 rings (SSSR count). The minimum absolute atomic E-state index is 0.274. The van der Waals surface area contributed by atoms with Gasteiger partial charge in [-0.1, -0.05) is 12.1 Å². The van der Waals surface area contributed by atoms with Gasteiger partial charge in [-0.15, -0.1) is 0 Å². The van der Waals surface area contributed by atoms with Crippen LogP contribution in [0.3, 0.4) is 0 Å². The van der Waals surface area contributed by atoms with Crippen LogP contribution < -0.4 is 4.74 Å². The van der Waals surface area contributed by atoms with Gasteiger partial charge < -0.3 is 4.74 Å². The molecule has 18 heavy (non-hydrogen) atoms. The molecule has 4 heteroatoms. The first kappa shape index (κ1) is 12.6. The maximum atomic E-state index is 12.7. The number of hydrogen-bond acceptors (Lipinski definition) is 2. The molecule has 92 valence electrons. The standard InChI is InChI=1S/C14H10ClFO2/c15-14(17)11-3-7-13(8-4-11)18-9-10-1-5-12(16)6-2-10/h1-8H,9H2. The summed E-state index contributed by atoms with van der Waals surface area (Å²) in [4.78, 5) is 10.9. The molecule has 0 spiro atoms. The van der Waals surface area contributed by atoms with E-state index in [1.165, 1.54) is 12.1 Å². The average Bonchev–Trinajstić information content (AvgIpc) is 2.38. The van der Waals surface area contributed by atoms with Crippen LogP contribution in [0, 0.1) is 5.82 Å². The quantitative estimate of drug-likeness (QED) is 0.786. The van der Waals surface area contributed by atoms with Crippen LogP contribution in [-0.4, -0.2) is 5.24 Å². The average molecular weight is 265 g/mol. The minimum atomic E-state index is -0.500. The third-order valence-corrected chi connectivity index (χ3v) is 2.62. The van der Waals surface area contributed by atoms with Gasteiger partial charge in [-0.05, 0) is 53.6 Å². The smallest absolute Gasteiger partial charge is 0.252 e. The van der Waals surface area contributed by atoms with E-state index in [0.717, 1.165) is 5.56 Å². The number of halogens is 2. The van der Waals surface area contributed by atoms with Gasteiger partial charge in [0.1, 0.15) is 18.2 Å². The Balaban J connectivity index is 1.97. The summed E-state index contributed by atoms with van der Waals surface area (Å²) in [5, 5.41) is -0.500. The number of carbonyl (C=O) groups excluding carboxylic acids is 1. The Bertz CT molecular complexity index is 535. The third kappa shape index (κ3) is 3.31. The Kier molecular flexibility index (Phi) is 3.95. The van der Waals surface area contributed by atoms with Crippen LogP contribution in [0.4, 0.5) is 4.39 Å². The Hall–Kier alpha value is -1.87. The van der Waals surface area contributed by atoms with Gasteiger partial charge in [0, 0.05) is 5.56 Å². The van der Waals surface area contributed by atoms with Crippen LogP contribution in [0.2, 0.25) is 0 Å². The number of benzene rings is 2. The van der Waals surface area contributed by atoms with Crippen molar-refractivity contribution in [1.82, 2.24) is 0 Å². The van der Waals surface area contributed by atoms with E-state index >= 15 is 0 Å². The van der Waals surface area contributed by atoms with Crippen molar-refractivity contribution in [3.05, 3.63) is 65.5 Å². The van der Waals surface area contributed by atoms with E-state index in [-0.39, 0.29) is 5.82 Å². The number of hydrogen-bond donors (Lipinski definition) is 0. The lowest BCUT2D eigenvalue weighted by atomic mass is 10.2. The lowest BCUT2D eigenvalue weighted by Crippen LogP contribution is -1.96. The molecule has 0 aliphatic heterocycles. The molecule has 0 heterocycles. The predicted octanol–water partition coefficient (Wildman–Crippen LogP) is 3.78. The van der Waals surface area contributed by atoms with Crippen molar-refractivity contribution in [2.75, 3.05) is 0 Å². The zero-order valence-electron chi connectivity index (χ0n) is 9.40. The first-order valence-electron chi connectivity index (χ1n) is 5.32. The fourth-order valence-corrected chi connectivity index (χ4v) is 1.56. The zero-order chi connectivity index (χ0) is 13.0. The van der Waals surface area contributed by atoms with Crippen molar-refractivity contribution in [2.45, 2.75) is 6.61 Å². The van der Waals surface area contributed by atoms with Crippen molar-refractivity contribution in [3.8, 4) is 5.75 Å². The summed E-state index contributed by atoms with van der Waals surface area (Å²) >= 11 is 5.33. The lowest BCUT2D eigenvalue weighted by molar-refractivity contribution is 0.108. The monoisotopic (exact) mass is 264 g/mol. The molecule has 0 atom stereocenters. The molecule has 2 aromatic rings. The normalized spacial score (nSPS) is 10.1. The van der Waals surface area contributed by atoms with Crippen LogP contribution in [0.15, 0.2) is 48.5 Å². The van der Waals surface area contributed by atoms with Gasteiger partial charge in [0.2, 0.25) is 0 Å². The van der Waals surface area contributed by atoms with E-state index in [1.807, 2.05) is 0 Å². The predicted molar refractivity (Wildman–Crippen MR) is 67.4 cm³/mol. The third-order valence-electron chi connectivity index (χ3n) is 2.40. The number of ether oxygens (including phenoxy) is 1. The second-order valence-electron chi connectivity index (χ2n) is 3.71. The Morgan fingerprint density at radius 2 is 1.67 bits per heavy atom. The van der Waals surface area contributed by atoms with Crippen molar-refractivity contribution in [2.24, 2.45) is 0 Å². The van der Waals surface area contributed by atoms with E-state index in [0.29, 0.717) is 17.9 Å². The highest BCUT2D eigenvalue weighted by Crippen LogP contribution is 2.15. The summed E-state index contributed by atoms with van der Waals surface area (Å²) < 4.78 is 18.2. The minimum Gasteiger partial charge on any atom is -0.489 e. The van der Waals surface area contributed by atoms with Crippen LogP contribution in [-0.2, 0) is 6.61 Å². The van der Waals surface area contributed by atoms with E-state index in [1.54, 1.807) is 36.4 Å². The highest BCUT2D eigenvalue weighted by Gasteiger charge is 2.01. The van der Waals surface area contributed by atoms with Gasteiger partial charge >= 0.3 is 0 Å². The van der Waals surface area contributed by atoms with E-state index in [2.05, 4.69) is 0 Å².